The normalized spacial score (nSPS) is 32.2. The summed E-state index contributed by atoms with van der Waals surface area (Å²) in [6, 6.07) is 0. The smallest absolute Gasteiger partial charge is 0.191 e. The van der Waals surface area contributed by atoms with Crippen LogP contribution in [-0.2, 0) is 0 Å². The second-order valence-corrected chi connectivity index (χ2v) is 53.9. The van der Waals surface area contributed by atoms with Crippen LogP contribution in [0.4, 0.5) is 0 Å². The molecule has 136 valence electrons. The Balaban J connectivity index is 0.00000288. The van der Waals surface area contributed by atoms with Crippen LogP contribution in [0.2, 0.25) is 77.4 Å². The fraction of sp³-hybridized carbons (Fsp3) is 1.00. The Kier molecular flexibility index (Phi) is 7.04. The van der Waals surface area contributed by atoms with Crippen molar-refractivity contribution in [3.63, 3.8) is 0 Å². The zero-order chi connectivity index (χ0) is 17.9. The zero-order valence-corrected chi connectivity index (χ0v) is 23.0. The van der Waals surface area contributed by atoms with E-state index >= 15 is 0 Å². The van der Waals surface area contributed by atoms with Crippen molar-refractivity contribution in [2.24, 2.45) is 0 Å². The van der Waals surface area contributed by atoms with E-state index in [2.05, 4.69) is 65.7 Å². The van der Waals surface area contributed by atoms with E-state index in [1.54, 1.807) is 38.5 Å². The summed E-state index contributed by atoms with van der Waals surface area (Å²) in [5.74, 6) is 2.30. The molecule has 0 aromatic carbocycles. The second kappa shape index (κ2) is 7.17. The molecule has 2 saturated heterocycles. The van der Waals surface area contributed by atoms with Crippen molar-refractivity contribution in [3.05, 3.63) is 0 Å². The summed E-state index contributed by atoms with van der Waals surface area (Å²) in [6.07, 6.45) is 9.51. The van der Waals surface area contributed by atoms with Crippen molar-refractivity contribution in [2.45, 2.75) is 116 Å². The molecule has 0 aliphatic carbocycles. The molecule has 0 spiro atoms. The Labute approximate surface area is 169 Å². The largest absolute Gasteiger partial charge is 1.00 e. The van der Waals surface area contributed by atoms with Gasteiger partial charge in [-0.2, -0.15) is 18.5 Å². The van der Waals surface area contributed by atoms with E-state index in [-0.39, 0.29) is 24.6 Å². The van der Waals surface area contributed by atoms with Crippen LogP contribution >= 0.6 is 0 Å². The van der Waals surface area contributed by atoms with Gasteiger partial charge in [-0.05, 0) is 22.8 Å². The quantitative estimate of drug-likeness (QED) is 0.638. The Morgan fingerprint density at radius 1 is 0.583 bits per heavy atom. The van der Waals surface area contributed by atoms with Crippen LogP contribution in [0.25, 0.3) is 0 Å². The first-order chi connectivity index (χ1) is 10.2. The maximum Gasteiger partial charge on any atom is 1.00 e. The van der Waals surface area contributed by atoms with E-state index in [1.165, 1.54) is 0 Å². The van der Waals surface area contributed by atoms with E-state index in [0.29, 0.717) is 0 Å². The van der Waals surface area contributed by atoms with E-state index in [1.807, 2.05) is 0 Å². The molecule has 2 aliphatic heterocycles. The molecule has 2 fully saturated rings. The van der Waals surface area contributed by atoms with Crippen molar-refractivity contribution >= 4 is 35.0 Å². The summed E-state index contributed by atoms with van der Waals surface area (Å²) in [5, 5.41) is 0. The number of hydrogen-bond acceptors (Lipinski definition) is 0. The predicted molar refractivity (Wildman–Crippen MR) is 123 cm³/mol. The summed E-state index contributed by atoms with van der Waals surface area (Å²) in [4.78, 5) is 0. The molecule has 0 amide bonds. The summed E-state index contributed by atoms with van der Waals surface area (Å²) < 4.78 is 0. The van der Waals surface area contributed by atoms with Gasteiger partial charge in [-0.25, -0.2) is 0 Å². The first-order valence-corrected chi connectivity index (χ1v) is 26.0. The molecule has 0 aromatic heterocycles. The molecule has 2 bridgehead atoms. The van der Waals surface area contributed by atoms with Gasteiger partial charge in [0.2, 0.25) is 0 Å². The van der Waals surface area contributed by atoms with Gasteiger partial charge in [0.25, 0.3) is 0 Å². The fourth-order valence-electron chi connectivity index (χ4n) is 10.2. The van der Waals surface area contributed by atoms with Crippen molar-refractivity contribution < 1.29 is 18.9 Å². The van der Waals surface area contributed by atoms with Gasteiger partial charge in [0, 0.05) is 5.74 Å². The molecule has 0 unspecified atom stereocenters. The van der Waals surface area contributed by atoms with Crippen molar-refractivity contribution in [1.82, 2.24) is 0 Å². The molecule has 0 atom stereocenters. The van der Waals surface area contributed by atoms with Crippen LogP contribution in [0.3, 0.4) is 0 Å². The molecule has 2 rings (SSSR count). The standard InChI is InChI=1S/C18H44BSi4.Li/c1-19(17-13-11-14-18(19)16-12-15-17)23(20(2,3)4,21(5,6)7)22(8,9)10;/h17-18H,11-16H2,1-10H3;/q-1;+1. The van der Waals surface area contributed by atoms with Crippen LogP contribution in [0.15, 0.2) is 0 Å². The van der Waals surface area contributed by atoms with Crippen molar-refractivity contribution in [2.75, 3.05) is 0 Å². The van der Waals surface area contributed by atoms with Crippen LogP contribution in [0, 0.1) is 0 Å². The monoisotopic (exact) mass is 390 g/mol. The molecule has 0 N–H and O–H groups in total. The Morgan fingerprint density at radius 3 is 1.04 bits per heavy atom. The minimum Gasteiger partial charge on any atom is -0.191 e. The average Bonchev–Trinajstić information content (AvgIpc) is 2.20. The van der Waals surface area contributed by atoms with Gasteiger partial charge in [0.1, 0.15) is 0 Å². The summed E-state index contributed by atoms with van der Waals surface area (Å²) in [6.45, 7) is 27.2. The van der Waals surface area contributed by atoms with Gasteiger partial charge < -0.3 is 0 Å². The molecule has 0 nitrogen and oxygen atoms in total. The van der Waals surface area contributed by atoms with E-state index in [0.717, 1.165) is 11.6 Å². The van der Waals surface area contributed by atoms with E-state index < -0.39 is 29.3 Å². The third kappa shape index (κ3) is 3.15. The number of fused-ring (bicyclic) bond motifs is 2. The Bertz CT molecular complexity index is 389. The first kappa shape index (κ1) is 23.6. The van der Waals surface area contributed by atoms with Crippen LogP contribution < -0.4 is 18.9 Å². The first-order valence-electron chi connectivity index (χ1n) is 10.4. The van der Waals surface area contributed by atoms with Crippen molar-refractivity contribution in [3.8, 4) is 0 Å². The molecule has 24 heavy (non-hydrogen) atoms. The Morgan fingerprint density at radius 2 is 0.833 bits per heavy atom. The van der Waals surface area contributed by atoms with Gasteiger partial charge in [-0.1, -0.05) is 104 Å². The number of hydrogen-bond donors (Lipinski definition) is 0. The third-order valence-electron chi connectivity index (χ3n) is 8.74. The van der Waals surface area contributed by atoms with Gasteiger partial charge in [0.05, 0.1) is 0 Å². The maximum absolute atomic E-state index is 2.95. The molecular weight excluding hydrogens is 346 g/mol. The zero-order valence-electron chi connectivity index (χ0n) is 19.0. The number of rotatable bonds is 4. The summed E-state index contributed by atoms with van der Waals surface area (Å²) >= 11 is 0. The van der Waals surface area contributed by atoms with Crippen LogP contribution in [-0.4, -0.2) is 35.0 Å². The summed E-state index contributed by atoms with van der Waals surface area (Å²) in [5.41, 5.74) is -0.0856. The van der Waals surface area contributed by atoms with E-state index in [4.69, 9.17) is 0 Å². The van der Waals surface area contributed by atoms with Gasteiger partial charge in [-0.3, -0.25) is 0 Å². The minimum absolute atomic E-state index is 0. The molecule has 0 radical (unpaired) electrons. The van der Waals surface area contributed by atoms with Crippen LogP contribution in [0.1, 0.15) is 38.5 Å². The fourth-order valence-corrected chi connectivity index (χ4v) is 127. The molecule has 6 heteroatoms. The van der Waals surface area contributed by atoms with Gasteiger partial charge >= 0.3 is 18.9 Å². The molecular formula is C18H44BLiSi4. The predicted octanol–water partition coefficient (Wildman–Crippen LogP) is 3.95. The molecule has 2 heterocycles. The molecule has 2 aliphatic rings. The van der Waals surface area contributed by atoms with Crippen LogP contribution in [0.5, 0.6) is 0 Å². The van der Waals surface area contributed by atoms with Gasteiger partial charge in [0.15, 0.2) is 0 Å². The third-order valence-corrected chi connectivity index (χ3v) is 86.0. The molecule has 0 saturated carbocycles. The average molecular weight is 391 g/mol. The molecule has 0 aromatic rings. The summed E-state index contributed by atoms with van der Waals surface area (Å²) in [7, 11) is -3.43. The second-order valence-electron chi connectivity index (χ2n) is 12.4. The maximum atomic E-state index is 2.95. The SMILES string of the molecule is C[B-]1([Si]([Si](C)(C)C)([Si](C)(C)C)[Si](C)(C)C)C2CCCC1CCC2.[Li+]. The topological polar surface area (TPSA) is 0 Å². The van der Waals surface area contributed by atoms with Gasteiger partial charge in [-0.15, -0.1) is 0 Å². The minimum atomic E-state index is -1.24. The van der Waals surface area contributed by atoms with Crippen molar-refractivity contribution in [1.29, 1.82) is 0 Å². The van der Waals surface area contributed by atoms with E-state index in [9.17, 15) is 0 Å². The Hall–Kier alpha value is 1.53.